The smallest absolute Gasteiger partial charge is 0.259 e. The van der Waals surface area contributed by atoms with Crippen LogP contribution in [0.25, 0.3) is 0 Å². The number of anilines is 1. The van der Waals surface area contributed by atoms with Gasteiger partial charge >= 0.3 is 0 Å². The second kappa shape index (κ2) is 7.26. The van der Waals surface area contributed by atoms with Crippen LogP contribution in [0.3, 0.4) is 0 Å². The number of hydrazone groups is 1. The molecule has 1 amide bonds. The van der Waals surface area contributed by atoms with Crippen LogP contribution in [0.4, 0.5) is 5.69 Å². The highest BCUT2D eigenvalue weighted by molar-refractivity contribution is 5.86. The van der Waals surface area contributed by atoms with Gasteiger partial charge in [-0.1, -0.05) is 29.3 Å². The maximum absolute atomic E-state index is 11.7. The van der Waals surface area contributed by atoms with Gasteiger partial charge in [-0.3, -0.25) is 4.79 Å². The summed E-state index contributed by atoms with van der Waals surface area (Å²) in [6.07, 6.45) is 1.42. The molecule has 0 heterocycles. The van der Waals surface area contributed by atoms with Gasteiger partial charge in [-0.05, 0) is 38.1 Å². The third-order valence-electron chi connectivity index (χ3n) is 3.08. The molecule has 0 saturated heterocycles. The zero-order chi connectivity index (χ0) is 15.9. The molecule has 0 saturated carbocycles. The van der Waals surface area contributed by atoms with Crippen molar-refractivity contribution in [2.75, 3.05) is 11.9 Å². The number of phenols is 1. The van der Waals surface area contributed by atoms with Gasteiger partial charge in [0.2, 0.25) is 0 Å². The molecule has 0 aliphatic rings. The fraction of sp³-hybridized carbons (Fsp3) is 0.176. The molecule has 3 N–H and O–H groups in total. The van der Waals surface area contributed by atoms with Crippen LogP contribution in [0.1, 0.15) is 16.7 Å². The van der Waals surface area contributed by atoms with Crippen LogP contribution in [0.15, 0.2) is 47.6 Å². The minimum Gasteiger partial charge on any atom is -0.507 e. The molecule has 0 aliphatic carbocycles. The number of carbonyl (C=O) groups is 1. The summed E-state index contributed by atoms with van der Waals surface area (Å²) in [7, 11) is 0. The summed E-state index contributed by atoms with van der Waals surface area (Å²) < 4.78 is 0. The highest BCUT2D eigenvalue weighted by Crippen LogP contribution is 2.15. The van der Waals surface area contributed by atoms with Gasteiger partial charge in [0.1, 0.15) is 5.75 Å². The van der Waals surface area contributed by atoms with Crippen LogP contribution in [0, 0.1) is 13.8 Å². The van der Waals surface area contributed by atoms with Gasteiger partial charge in [0.15, 0.2) is 0 Å². The molecule has 0 radical (unpaired) electrons. The van der Waals surface area contributed by atoms with E-state index >= 15 is 0 Å². The van der Waals surface area contributed by atoms with Crippen LogP contribution in [-0.2, 0) is 4.79 Å². The molecule has 22 heavy (non-hydrogen) atoms. The Morgan fingerprint density at radius 3 is 2.55 bits per heavy atom. The quantitative estimate of drug-likeness (QED) is 0.586. The van der Waals surface area contributed by atoms with Crippen molar-refractivity contribution < 1.29 is 9.90 Å². The molecule has 0 atom stereocenters. The Hall–Kier alpha value is -2.82. The number of phenolic OH excluding ortho intramolecular Hbond substituents is 1. The van der Waals surface area contributed by atoms with Crippen molar-refractivity contribution in [3.8, 4) is 5.75 Å². The summed E-state index contributed by atoms with van der Waals surface area (Å²) in [5.74, 6) is -0.134. The highest BCUT2D eigenvalue weighted by atomic mass is 16.3. The van der Waals surface area contributed by atoms with Gasteiger partial charge in [0.25, 0.3) is 5.91 Å². The van der Waals surface area contributed by atoms with E-state index in [1.807, 2.05) is 38.1 Å². The fourth-order valence-electron chi connectivity index (χ4n) is 1.84. The monoisotopic (exact) mass is 297 g/mol. The minimum atomic E-state index is -0.260. The Balaban J connectivity index is 1.83. The van der Waals surface area contributed by atoms with Crippen molar-refractivity contribution in [1.29, 1.82) is 0 Å². The number of rotatable bonds is 5. The first kappa shape index (κ1) is 15.6. The lowest BCUT2D eigenvalue weighted by molar-refractivity contribution is -0.119. The molecule has 0 fully saturated rings. The predicted octanol–water partition coefficient (Wildman–Crippen LogP) is 2.57. The molecule has 2 aromatic carbocycles. The molecule has 114 valence electrons. The van der Waals surface area contributed by atoms with Crippen LogP contribution in [-0.4, -0.2) is 23.8 Å². The first-order valence-corrected chi connectivity index (χ1v) is 6.96. The summed E-state index contributed by atoms with van der Waals surface area (Å²) in [6, 6.07) is 13.0. The molecule has 2 rings (SSSR count). The molecular weight excluding hydrogens is 278 g/mol. The Morgan fingerprint density at radius 2 is 1.82 bits per heavy atom. The lowest BCUT2D eigenvalue weighted by Gasteiger charge is -2.05. The normalized spacial score (nSPS) is 10.6. The van der Waals surface area contributed by atoms with Gasteiger partial charge in [0, 0.05) is 11.3 Å². The highest BCUT2D eigenvalue weighted by Gasteiger charge is 2.01. The Kier molecular flexibility index (Phi) is 5.14. The molecule has 2 aromatic rings. The zero-order valence-corrected chi connectivity index (χ0v) is 12.6. The number of benzene rings is 2. The van der Waals surface area contributed by atoms with E-state index in [0.29, 0.717) is 5.56 Å². The van der Waals surface area contributed by atoms with E-state index in [0.717, 1.165) is 16.8 Å². The molecular formula is C17H19N3O2. The van der Waals surface area contributed by atoms with E-state index in [1.165, 1.54) is 6.21 Å². The summed E-state index contributed by atoms with van der Waals surface area (Å²) >= 11 is 0. The van der Waals surface area contributed by atoms with E-state index in [4.69, 9.17) is 0 Å². The second-order valence-corrected chi connectivity index (χ2v) is 5.08. The molecule has 0 aromatic heterocycles. The van der Waals surface area contributed by atoms with Gasteiger partial charge in [0.05, 0.1) is 12.8 Å². The molecule has 5 nitrogen and oxygen atoms in total. The zero-order valence-electron chi connectivity index (χ0n) is 12.6. The van der Waals surface area contributed by atoms with Crippen LogP contribution in [0.5, 0.6) is 5.75 Å². The van der Waals surface area contributed by atoms with Crippen molar-refractivity contribution in [1.82, 2.24) is 5.43 Å². The van der Waals surface area contributed by atoms with E-state index in [2.05, 4.69) is 15.8 Å². The lowest BCUT2D eigenvalue weighted by Crippen LogP contribution is -2.25. The third-order valence-corrected chi connectivity index (χ3v) is 3.08. The number of aromatic hydroxyl groups is 1. The van der Waals surface area contributed by atoms with Gasteiger partial charge < -0.3 is 10.4 Å². The Morgan fingerprint density at radius 1 is 1.14 bits per heavy atom. The van der Waals surface area contributed by atoms with E-state index in [9.17, 15) is 9.90 Å². The average Bonchev–Trinajstić information content (AvgIpc) is 2.50. The maximum Gasteiger partial charge on any atom is 0.259 e. The summed E-state index contributed by atoms with van der Waals surface area (Å²) in [5.41, 5.74) is 6.02. The SMILES string of the molecule is Cc1ccc(NCC(=O)N/N=C/c2cc(C)ccc2O)cc1. The second-order valence-electron chi connectivity index (χ2n) is 5.08. The largest absolute Gasteiger partial charge is 0.507 e. The van der Waals surface area contributed by atoms with E-state index in [1.54, 1.807) is 18.2 Å². The first-order valence-electron chi connectivity index (χ1n) is 6.96. The number of carbonyl (C=O) groups excluding carboxylic acids is 1. The number of hydrogen-bond acceptors (Lipinski definition) is 4. The van der Waals surface area contributed by atoms with Crippen molar-refractivity contribution in [3.63, 3.8) is 0 Å². The van der Waals surface area contributed by atoms with Crippen molar-refractivity contribution in [2.45, 2.75) is 13.8 Å². The standard InChI is InChI=1S/C17H19N3O2/c1-12-3-6-15(7-4-12)18-11-17(22)20-19-10-14-9-13(2)5-8-16(14)21/h3-10,18,21H,11H2,1-2H3,(H,20,22)/b19-10+. The molecule has 5 heteroatoms. The number of aryl methyl sites for hydroxylation is 2. The molecule has 0 bridgehead atoms. The summed E-state index contributed by atoms with van der Waals surface area (Å²) in [5, 5.41) is 16.5. The third kappa shape index (κ3) is 4.63. The Labute approximate surface area is 129 Å². The van der Waals surface area contributed by atoms with E-state index < -0.39 is 0 Å². The molecule has 0 aliphatic heterocycles. The summed E-state index contributed by atoms with van der Waals surface area (Å²) in [4.78, 5) is 11.7. The van der Waals surface area contributed by atoms with Crippen molar-refractivity contribution in [3.05, 3.63) is 59.2 Å². The summed E-state index contributed by atoms with van der Waals surface area (Å²) in [6.45, 7) is 4.05. The maximum atomic E-state index is 11.7. The van der Waals surface area contributed by atoms with E-state index in [-0.39, 0.29) is 18.2 Å². The number of amides is 1. The van der Waals surface area contributed by atoms with Gasteiger partial charge in [-0.25, -0.2) is 5.43 Å². The number of nitrogens with zero attached hydrogens (tertiary/aromatic N) is 1. The lowest BCUT2D eigenvalue weighted by atomic mass is 10.1. The van der Waals surface area contributed by atoms with Crippen LogP contribution in [0.2, 0.25) is 0 Å². The van der Waals surface area contributed by atoms with Crippen molar-refractivity contribution in [2.24, 2.45) is 5.10 Å². The van der Waals surface area contributed by atoms with Crippen molar-refractivity contribution >= 4 is 17.8 Å². The fourth-order valence-corrected chi connectivity index (χ4v) is 1.84. The molecule has 0 unspecified atom stereocenters. The van der Waals surface area contributed by atoms with Crippen LogP contribution >= 0.6 is 0 Å². The number of nitrogens with one attached hydrogen (secondary N) is 2. The van der Waals surface area contributed by atoms with Crippen LogP contribution < -0.4 is 10.7 Å². The molecule has 0 spiro atoms. The van der Waals surface area contributed by atoms with Gasteiger partial charge in [-0.2, -0.15) is 5.10 Å². The van der Waals surface area contributed by atoms with Gasteiger partial charge in [-0.15, -0.1) is 0 Å². The predicted molar refractivity (Wildman–Crippen MR) is 88.2 cm³/mol. The Bertz CT molecular complexity index is 679. The first-order chi connectivity index (χ1) is 10.5. The average molecular weight is 297 g/mol. The minimum absolute atomic E-state index is 0.125. The topological polar surface area (TPSA) is 73.7 Å². The number of hydrogen-bond donors (Lipinski definition) is 3.